The highest BCUT2D eigenvalue weighted by Gasteiger charge is 2.36. The lowest BCUT2D eigenvalue weighted by atomic mass is 9.93. The molecular weight excluding hydrogens is 288 g/mol. The van der Waals surface area contributed by atoms with Gasteiger partial charge in [-0.25, -0.2) is 0 Å². The van der Waals surface area contributed by atoms with E-state index in [1.807, 2.05) is 30.3 Å². The van der Waals surface area contributed by atoms with Gasteiger partial charge in [-0.1, -0.05) is 43.2 Å². The zero-order valence-electron chi connectivity index (χ0n) is 13.3. The fraction of sp³-hybridized carbons (Fsp3) is 0.421. The molecule has 1 atom stereocenters. The van der Waals surface area contributed by atoms with Crippen molar-refractivity contribution in [1.82, 2.24) is 5.32 Å². The lowest BCUT2D eigenvalue weighted by Crippen LogP contribution is -2.52. The summed E-state index contributed by atoms with van der Waals surface area (Å²) in [6.07, 6.45) is 6.15. The van der Waals surface area contributed by atoms with E-state index in [1.165, 1.54) is 5.56 Å². The highest BCUT2D eigenvalue weighted by Crippen LogP contribution is 2.29. The van der Waals surface area contributed by atoms with Crippen molar-refractivity contribution in [3.05, 3.63) is 60.1 Å². The fourth-order valence-electron chi connectivity index (χ4n) is 3.39. The molecule has 1 fully saturated rings. The van der Waals surface area contributed by atoms with Gasteiger partial charge in [-0.2, -0.15) is 0 Å². The Morgan fingerprint density at radius 2 is 1.91 bits per heavy atom. The van der Waals surface area contributed by atoms with Crippen molar-refractivity contribution >= 4 is 5.91 Å². The molecule has 122 valence electrons. The van der Waals surface area contributed by atoms with E-state index in [0.717, 1.165) is 37.9 Å². The zero-order chi connectivity index (χ0) is 16.1. The van der Waals surface area contributed by atoms with Gasteiger partial charge >= 0.3 is 0 Å². The third-order valence-electron chi connectivity index (χ3n) is 4.76. The maximum Gasteiger partial charge on any atom is 0.240 e. The number of amides is 1. The van der Waals surface area contributed by atoms with Gasteiger partial charge in [-0.3, -0.25) is 4.79 Å². The standard InChI is InChI=1S/C19H24N2O2/c20-19(11-4-5-12-19)18(22)21-13-10-16(17-9-6-14-23-17)15-7-2-1-3-8-15/h1-3,6-9,14,16H,4-5,10-13,20H2,(H,21,22). The van der Waals surface area contributed by atoms with Crippen LogP contribution in [0.2, 0.25) is 0 Å². The van der Waals surface area contributed by atoms with E-state index in [4.69, 9.17) is 10.2 Å². The predicted octanol–water partition coefficient (Wildman–Crippen LogP) is 3.19. The molecule has 4 nitrogen and oxygen atoms in total. The maximum absolute atomic E-state index is 12.3. The molecule has 4 heteroatoms. The van der Waals surface area contributed by atoms with Crippen LogP contribution in [0.5, 0.6) is 0 Å². The van der Waals surface area contributed by atoms with Crippen LogP contribution in [-0.4, -0.2) is 18.0 Å². The topological polar surface area (TPSA) is 68.3 Å². The van der Waals surface area contributed by atoms with Gasteiger partial charge in [0, 0.05) is 12.5 Å². The molecule has 0 bridgehead atoms. The maximum atomic E-state index is 12.3. The predicted molar refractivity (Wildman–Crippen MR) is 90.0 cm³/mol. The molecule has 1 unspecified atom stereocenters. The first-order chi connectivity index (χ1) is 11.2. The zero-order valence-corrected chi connectivity index (χ0v) is 13.3. The van der Waals surface area contributed by atoms with E-state index < -0.39 is 5.54 Å². The van der Waals surface area contributed by atoms with E-state index in [9.17, 15) is 4.79 Å². The summed E-state index contributed by atoms with van der Waals surface area (Å²) >= 11 is 0. The van der Waals surface area contributed by atoms with Crippen molar-refractivity contribution in [2.45, 2.75) is 43.6 Å². The highest BCUT2D eigenvalue weighted by atomic mass is 16.3. The summed E-state index contributed by atoms with van der Waals surface area (Å²) in [7, 11) is 0. The lowest BCUT2D eigenvalue weighted by molar-refractivity contribution is -0.126. The Labute approximate surface area is 137 Å². The highest BCUT2D eigenvalue weighted by molar-refractivity contribution is 5.86. The SMILES string of the molecule is NC1(C(=O)NCCC(c2ccccc2)c2ccco2)CCCC1. The number of carbonyl (C=O) groups is 1. The van der Waals surface area contributed by atoms with Gasteiger partial charge in [-0.05, 0) is 37.0 Å². The van der Waals surface area contributed by atoms with Crippen LogP contribution in [-0.2, 0) is 4.79 Å². The molecule has 23 heavy (non-hydrogen) atoms. The first-order valence-electron chi connectivity index (χ1n) is 8.34. The monoisotopic (exact) mass is 312 g/mol. The van der Waals surface area contributed by atoms with Crippen molar-refractivity contribution in [3.63, 3.8) is 0 Å². The lowest BCUT2D eigenvalue weighted by Gasteiger charge is -2.23. The minimum atomic E-state index is -0.660. The first kappa shape index (κ1) is 15.8. The van der Waals surface area contributed by atoms with Crippen LogP contribution in [0, 0.1) is 0 Å². The summed E-state index contributed by atoms with van der Waals surface area (Å²) < 4.78 is 5.59. The van der Waals surface area contributed by atoms with Crippen LogP contribution in [0.1, 0.15) is 49.3 Å². The number of carbonyl (C=O) groups excluding carboxylic acids is 1. The smallest absolute Gasteiger partial charge is 0.240 e. The molecular formula is C19H24N2O2. The first-order valence-corrected chi connectivity index (χ1v) is 8.34. The number of hydrogen-bond acceptors (Lipinski definition) is 3. The average Bonchev–Trinajstić information content (AvgIpc) is 3.24. The quantitative estimate of drug-likeness (QED) is 0.860. The second kappa shape index (κ2) is 7.01. The van der Waals surface area contributed by atoms with Gasteiger partial charge in [0.2, 0.25) is 5.91 Å². The number of nitrogens with one attached hydrogen (secondary N) is 1. The molecule has 0 spiro atoms. The summed E-state index contributed by atoms with van der Waals surface area (Å²) in [5.41, 5.74) is 6.73. The Kier molecular flexibility index (Phi) is 4.82. The average molecular weight is 312 g/mol. The summed E-state index contributed by atoms with van der Waals surface area (Å²) in [5, 5.41) is 3.02. The molecule has 2 aromatic rings. The van der Waals surface area contributed by atoms with Crippen molar-refractivity contribution in [2.75, 3.05) is 6.54 Å². The molecule has 1 aliphatic carbocycles. The second-order valence-corrected chi connectivity index (χ2v) is 6.39. The van der Waals surface area contributed by atoms with Crippen LogP contribution < -0.4 is 11.1 Å². The Hall–Kier alpha value is -2.07. The van der Waals surface area contributed by atoms with Crippen LogP contribution in [0.4, 0.5) is 0 Å². The summed E-state index contributed by atoms with van der Waals surface area (Å²) in [6, 6.07) is 14.1. The van der Waals surface area contributed by atoms with E-state index in [2.05, 4.69) is 17.4 Å². The van der Waals surface area contributed by atoms with E-state index in [0.29, 0.717) is 6.54 Å². The Bertz CT molecular complexity index is 616. The van der Waals surface area contributed by atoms with E-state index >= 15 is 0 Å². The van der Waals surface area contributed by atoms with Gasteiger partial charge in [-0.15, -0.1) is 0 Å². The van der Waals surface area contributed by atoms with E-state index in [-0.39, 0.29) is 11.8 Å². The van der Waals surface area contributed by atoms with Crippen molar-refractivity contribution in [1.29, 1.82) is 0 Å². The number of rotatable bonds is 6. The number of hydrogen-bond donors (Lipinski definition) is 2. The summed E-state index contributed by atoms with van der Waals surface area (Å²) in [6.45, 7) is 0.595. The van der Waals surface area contributed by atoms with Crippen molar-refractivity contribution in [2.24, 2.45) is 5.73 Å². The van der Waals surface area contributed by atoms with Crippen LogP contribution >= 0.6 is 0 Å². The van der Waals surface area contributed by atoms with Crippen LogP contribution in [0.25, 0.3) is 0 Å². The number of benzene rings is 1. The van der Waals surface area contributed by atoms with Gasteiger partial charge in [0.15, 0.2) is 0 Å². The molecule has 0 aliphatic heterocycles. The third-order valence-corrected chi connectivity index (χ3v) is 4.76. The van der Waals surface area contributed by atoms with Crippen LogP contribution in [0.15, 0.2) is 53.1 Å². The van der Waals surface area contributed by atoms with Crippen molar-refractivity contribution in [3.8, 4) is 0 Å². The normalized spacial score (nSPS) is 17.8. The van der Waals surface area contributed by atoms with Crippen LogP contribution in [0.3, 0.4) is 0 Å². The largest absolute Gasteiger partial charge is 0.469 e. The Morgan fingerprint density at radius 1 is 1.17 bits per heavy atom. The minimum absolute atomic E-state index is 0.0127. The Morgan fingerprint density at radius 3 is 2.57 bits per heavy atom. The van der Waals surface area contributed by atoms with Gasteiger partial charge in [0.25, 0.3) is 0 Å². The summed E-state index contributed by atoms with van der Waals surface area (Å²) in [4.78, 5) is 12.3. The summed E-state index contributed by atoms with van der Waals surface area (Å²) in [5.74, 6) is 1.05. The molecule has 0 saturated heterocycles. The molecule has 1 aliphatic rings. The van der Waals surface area contributed by atoms with Gasteiger partial charge in [0.1, 0.15) is 5.76 Å². The van der Waals surface area contributed by atoms with Gasteiger partial charge in [0.05, 0.1) is 11.8 Å². The fourth-order valence-corrected chi connectivity index (χ4v) is 3.39. The van der Waals surface area contributed by atoms with Crippen molar-refractivity contribution < 1.29 is 9.21 Å². The molecule has 1 heterocycles. The molecule has 1 amide bonds. The molecule has 0 radical (unpaired) electrons. The molecule has 3 N–H and O–H groups in total. The number of furan rings is 1. The third kappa shape index (κ3) is 3.64. The Balaban J connectivity index is 1.62. The minimum Gasteiger partial charge on any atom is -0.469 e. The molecule has 1 saturated carbocycles. The number of nitrogens with two attached hydrogens (primary N) is 1. The molecule has 1 aromatic heterocycles. The second-order valence-electron chi connectivity index (χ2n) is 6.39. The van der Waals surface area contributed by atoms with Gasteiger partial charge < -0.3 is 15.5 Å². The molecule has 1 aromatic carbocycles. The molecule has 3 rings (SSSR count). The van der Waals surface area contributed by atoms with E-state index in [1.54, 1.807) is 6.26 Å².